The van der Waals surface area contributed by atoms with Crippen LogP contribution in [0.3, 0.4) is 0 Å². The van der Waals surface area contributed by atoms with Crippen LogP contribution < -0.4 is 10.2 Å². The molecule has 2 amide bonds. The number of benzene rings is 1. The highest BCUT2D eigenvalue weighted by Gasteiger charge is 2.40. The number of ether oxygens (including phenoxy) is 1. The molecule has 11 nitrogen and oxygen atoms in total. The number of rotatable bonds is 6. The monoisotopic (exact) mass is 433 g/mol. The first kappa shape index (κ1) is 20.2. The number of nitro groups is 1. The summed E-state index contributed by atoms with van der Waals surface area (Å²) in [4.78, 5) is 43.6. The van der Waals surface area contributed by atoms with Crippen LogP contribution in [0.4, 0.5) is 9.93 Å². The van der Waals surface area contributed by atoms with Crippen molar-refractivity contribution in [2.45, 2.75) is 18.4 Å². The van der Waals surface area contributed by atoms with Crippen LogP contribution >= 0.6 is 11.3 Å². The van der Waals surface area contributed by atoms with Crippen molar-refractivity contribution >= 4 is 28.5 Å². The molecule has 1 aromatic carbocycles. The maximum atomic E-state index is 13.0. The van der Waals surface area contributed by atoms with Crippen molar-refractivity contribution in [3.05, 3.63) is 57.1 Å². The Kier molecular flexibility index (Phi) is 5.61. The molecule has 2 N–H and O–H groups in total. The van der Waals surface area contributed by atoms with Crippen molar-refractivity contribution < 1.29 is 24.4 Å². The van der Waals surface area contributed by atoms with Crippen LogP contribution in [0.1, 0.15) is 22.3 Å². The molecular weight excluding hydrogens is 414 g/mol. The number of carbonyl (C=O) groups excluding carboxylic acids is 2. The van der Waals surface area contributed by atoms with Gasteiger partial charge in [-0.25, -0.2) is 14.7 Å². The summed E-state index contributed by atoms with van der Waals surface area (Å²) in [5, 5.41) is 26.0. The van der Waals surface area contributed by atoms with Crippen molar-refractivity contribution in [3.63, 3.8) is 0 Å². The fourth-order valence-corrected chi connectivity index (χ4v) is 3.92. The SMILES string of the molecule is O=C(OC(c1ccccc1)[N+](=O)[O-])N(C(=O)c1csc(N2CC(O)C2)n1)C1CNC1. The molecular formula is C18H19N5O6S. The number of β-amino-alcohol motifs (C(OH)–C–C–N with tert-alkyl or cyclic N) is 1. The van der Waals surface area contributed by atoms with Gasteiger partial charge in [-0.2, -0.15) is 0 Å². The Bertz CT molecular complexity index is 944. The summed E-state index contributed by atoms with van der Waals surface area (Å²) < 4.78 is 5.13. The van der Waals surface area contributed by atoms with E-state index in [1.165, 1.54) is 28.8 Å². The van der Waals surface area contributed by atoms with Crippen molar-refractivity contribution in [2.75, 3.05) is 31.1 Å². The molecule has 2 aliphatic heterocycles. The van der Waals surface area contributed by atoms with Gasteiger partial charge in [0.15, 0.2) is 5.13 Å². The minimum Gasteiger partial charge on any atom is -0.389 e. The number of amides is 2. The predicted molar refractivity (Wildman–Crippen MR) is 106 cm³/mol. The van der Waals surface area contributed by atoms with Crippen molar-refractivity contribution in [3.8, 4) is 0 Å². The Balaban J connectivity index is 1.52. The van der Waals surface area contributed by atoms with Gasteiger partial charge in [-0.1, -0.05) is 18.2 Å². The Morgan fingerprint density at radius 2 is 2.03 bits per heavy atom. The quantitative estimate of drug-likeness (QED) is 0.386. The zero-order valence-corrected chi connectivity index (χ0v) is 16.5. The van der Waals surface area contributed by atoms with Gasteiger partial charge in [0.2, 0.25) is 0 Å². The molecule has 1 atom stereocenters. The van der Waals surface area contributed by atoms with Crippen molar-refractivity contribution in [1.29, 1.82) is 0 Å². The first-order valence-corrected chi connectivity index (χ1v) is 10.1. The second-order valence-corrected chi connectivity index (χ2v) is 7.83. The zero-order valence-electron chi connectivity index (χ0n) is 15.7. The Hall–Kier alpha value is -3.09. The number of aromatic nitrogens is 1. The van der Waals surface area contributed by atoms with Gasteiger partial charge in [-0.05, 0) is 12.1 Å². The molecule has 2 fully saturated rings. The van der Waals surface area contributed by atoms with Crippen molar-refractivity contribution in [2.24, 2.45) is 0 Å². The molecule has 1 unspecified atom stereocenters. The highest BCUT2D eigenvalue weighted by molar-refractivity contribution is 7.14. The van der Waals surface area contributed by atoms with Gasteiger partial charge in [0.1, 0.15) is 5.69 Å². The van der Waals surface area contributed by atoms with Crippen LogP contribution in [0, 0.1) is 10.1 Å². The highest BCUT2D eigenvalue weighted by atomic mass is 32.1. The molecule has 30 heavy (non-hydrogen) atoms. The molecule has 158 valence electrons. The maximum absolute atomic E-state index is 13.0. The first-order valence-electron chi connectivity index (χ1n) is 9.26. The van der Waals surface area contributed by atoms with Crippen LogP contribution in [0.5, 0.6) is 0 Å². The molecule has 0 aliphatic carbocycles. The van der Waals surface area contributed by atoms with Crippen LogP contribution in [0.2, 0.25) is 0 Å². The van der Waals surface area contributed by atoms with E-state index >= 15 is 0 Å². The lowest BCUT2D eigenvalue weighted by Crippen LogP contribution is -2.61. The molecule has 2 aromatic rings. The number of imide groups is 1. The number of aliphatic hydroxyl groups is 1. The molecule has 0 saturated carbocycles. The van der Waals surface area contributed by atoms with E-state index in [1.54, 1.807) is 18.2 Å². The van der Waals surface area contributed by atoms with E-state index < -0.39 is 35.3 Å². The lowest BCUT2D eigenvalue weighted by Gasteiger charge is -2.36. The third-order valence-electron chi connectivity index (χ3n) is 4.87. The zero-order chi connectivity index (χ0) is 21.3. The third-order valence-corrected chi connectivity index (χ3v) is 5.77. The summed E-state index contributed by atoms with van der Waals surface area (Å²) in [6.07, 6.45) is -3.24. The lowest BCUT2D eigenvalue weighted by atomic mass is 10.1. The van der Waals surface area contributed by atoms with Gasteiger partial charge < -0.3 is 20.1 Å². The minimum absolute atomic E-state index is 0.0533. The highest BCUT2D eigenvalue weighted by Crippen LogP contribution is 2.27. The molecule has 2 aliphatic rings. The first-order chi connectivity index (χ1) is 14.4. The van der Waals surface area contributed by atoms with E-state index in [4.69, 9.17) is 4.74 Å². The second kappa shape index (κ2) is 8.34. The summed E-state index contributed by atoms with van der Waals surface area (Å²) in [5.41, 5.74) is 0.250. The van der Waals surface area contributed by atoms with E-state index in [2.05, 4.69) is 10.3 Å². The van der Waals surface area contributed by atoms with Gasteiger partial charge in [-0.15, -0.1) is 11.3 Å². The fraction of sp³-hybridized carbons (Fsp3) is 0.389. The summed E-state index contributed by atoms with van der Waals surface area (Å²) in [6, 6.07) is 7.36. The van der Waals surface area contributed by atoms with E-state index in [0.29, 0.717) is 31.3 Å². The number of hydrogen-bond acceptors (Lipinski definition) is 10. The minimum atomic E-state index is -1.73. The summed E-state index contributed by atoms with van der Waals surface area (Å²) >= 11 is 1.23. The lowest BCUT2D eigenvalue weighted by molar-refractivity contribution is -0.575. The van der Waals surface area contributed by atoms with Gasteiger partial charge >= 0.3 is 12.3 Å². The molecule has 2 saturated heterocycles. The number of carbonyl (C=O) groups is 2. The largest absolute Gasteiger partial charge is 0.422 e. The number of hydrogen-bond donors (Lipinski definition) is 2. The number of thiazole rings is 1. The Morgan fingerprint density at radius 1 is 1.33 bits per heavy atom. The van der Waals surface area contributed by atoms with Gasteiger partial charge in [0, 0.05) is 31.6 Å². The smallest absolute Gasteiger partial charge is 0.389 e. The summed E-state index contributed by atoms with van der Waals surface area (Å²) in [6.45, 7) is 1.59. The van der Waals surface area contributed by atoms with Gasteiger partial charge in [-0.3, -0.25) is 14.9 Å². The number of nitrogens with one attached hydrogen (secondary N) is 1. The number of anilines is 1. The van der Waals surface area contributed by atoms with Crippen LogP contribution in [-0.2, 0) is 4.74 Å². The Labute approximate surface area is 175 Å². The number of aliphatic hydroxyl groups excluding tert-OH is 1. The molecule has 3 heterocycles. The van der Waals surface area contributed by atoms with E-state index in [-0.39, 0.29) is 11.3 Å². The average molecular weight is 433 g/mol. The average Bonchev–Trinajstić information content (AvgIpc) is 3.15. The number of nitrogens with zero attached hydrogens (tertiary/aromatic N) is 4. The van der Waals surface area contributed by atoms with E-state index in [1.807, 2.05) is 4.90 Å². The molecule has 0 spiro atoms. The predicted octanol–water partition coefficient (Wildman–Crippen LogP) is 0.850. The van der Waals surface area contributed by atoms with Crippen LogP contribution in [-0.4, -0.2) is 70.2 Å². The van der Waals surface area contributed by atoms with Crippen molar-refractivity contribution in [1.82, 2.24) is 15.2 Å². The maximum Gasteiger partial charge on any atom is 0.422 e. The van der Waals surface area contributed by atoms with E-state index in [0.717, 1.165) is 4.90 Å². The van der Waals surface area contributed by atoms with E-state index in [9.17, 15) is 24.8 Å². The molecule has 4 rings (SSSR count). The third kappa shape index (κ3) is 3.97. The summed E-state index contributed by atoms with van der Waals surface area (Å²) in [7, 11) is 0. The molecule has 0 radical (unpaired) electrons. The molecule has 1 aromatic heterocycles. The molecule has 0 bridgehead atoms. The topological polar surface area (TPSA) is 138 Å². The second-order valence-electron chi connectivity index (χ2n) is 6.99. The van der Waals surface area contributed by atoms with Gasteiger partial charge in [0.25, 0.3) is 5.91 Å². The van der Waals surface area contributed by atoms with Gasteiger partial charge in [0.05, 0.1) is 22.6 Å². The fourth-order valence-electron chi connectivity index (χ4n) is 3.10. The summed E-state index contributed by atoms with van der Waals surface area (Å²) in [5.74, 6) is -0.676. The van der Waals surface area contributed by atoms with Crippen LogP contribution in [0.25, 0.3) is 0 Å². The normalized spacial score (nSPS) is 17.6. The Morgan fingerprint density at radius 3 is 2.60 bits per heavy atom. The van der Waals surface area contributed by atoms with Crippen LogP contribution in [0.15, 0.2) is 35.7 Å². The molecule has 12 heteroatoms. The standard InChI is InChI=1S/C18H19N5O6S/c24-13-8-21(9-13)17-20-14(10-30-17)15(25)22(12-6-19-7-12)18(26)29-16(23(27)28)11-4-2-1-3-5-11/h1-5,10,12-13,16,19,24H,6-9H2.